The highest BCUT2D eigenvalue weighted by Gasteiger charge is 2.01. The fourth-order valence-corrected chi connectivity index (χ4v) is 3.02. The van der Waals surface area contributed by atoms with Crippen molar-refractivity contribution in [3.05, 3.63) is 24.3 Å². The molecule has 0 aliphatic rings. The van der Waals surface area contributed by atoms with E-state index in [2.05, 4.69) is 17.6 Å². The monoisotopic (exact) mass is 362 g/mol. The van der Waals surface area contributed by atoms with E-state index in [-0.39, 0.29) is 6.03 Å². The molecule has 0 saturated carbocycles. The molecule has 4 heteroatoms. The number of urea groups is 1. The van der Waals surface area contributed by atoms with Crippen LogP contribution in [0.2, 0.25) is 0 Å². The summed E-state index contributed by atoms with van der Waals surface area (Å²) >= 11 is 0. The average Bonchev–Trinajstić information content (AvgIpc) is 2.66. The van der Waals surface area contributed by atoms with Gasteiger partial charge in [0.1, 0.15) is 5.75 Å². The van der Waals surface area contributed by atoms with Crippen LogP contribution >= 0.6 is 0 Å². The number of ether oxygens (including phenoxy) is 1. The lowest BCUT2D eigenvalue weighted by Gasteiger charge is -2.08. The number of benzene rings is 1. The van der Waals surface area contributed by atoms with Crippen LogP contribution < -0.4 is 15.4 Å². The topological polar surface area (TPSA) is 50.4 Å². The zero-order chi connectivity index (χ0) is 18.9. The van der Waals surface area contributed by atoms with Crippen LogP contribution in [0.5, 0.6) is 5.75 Å². The number of nitrogens with one attached hydrogen (secondary N) is 2. The molecule has 0 atom stereocenters. The van der Waals surface area contributed by atoms with Gasteiger partial charge in [0.05, 0.1) is 7.11 Å². The fourth-order valence-electron chi connectivity index (χ4n) is 3.02. The van der Waals surface area contributed by atoms with Gasteiger partial charge in [-0.2, -0.15) is 0 Å². The quantitative estimate of drug-likeness (QED) is 0.349. The first-order valence-corrected chi connectivity index (χ1v) is 10.4. The van der Waals surface area contributed by atoms with E-state index in [9.17, 15) is 4.79 Å². The maximum atomic E-state index is 11.8. The Bertz CT molecular complexity index is 460. The van der Waals surface area contributed by atoms with Gasteiger partial charge in [-0.3, -0.25) is 0 Å². The molecule has 0 spiro atoms. The third-order valence-corrected chi connectivity index (χ3v) is 4.66. The van der Waals surface area contributed by atoms with E-state index >= 15 is 0 Å². The predicted molar refractivity (Wildman–Crippen MR) is 111 cm³/mol. The summed E-state index contributed by atoms with van der Waals surface area (Å²) in [5.74, 6) is 0.785. The Morgan fingerprint density at radius 2 is 1.31 bits per heavy atom. The molecule has 2 N–H and O–H groups in total. The molecule has 2 amide bonds. The summed E-state index contributed by atoms with van der Waals surface area (Å²) in [5.41, 5.74) is 0.776. The second-order valence-corrected chi connectivity index (χ2v) is 7.00. The Balaban J connectivity index is 1.88. The van der Waals surface area contributed by atoms with Crippen LogP contribution in [0.4, 0.5) is 10.5 Å². The summed E-state index contributed by atoms with van der Waals surface area (Å²) < 4.78 is 5.10. The Hall–Kier alpha value is -1.71. The van der Waals surface area contributed by atoms with Crippen LogP contribution in [0, 0.1) is 0 Å². The van der Waals surface area contributed by atoms with Crippen LogP contribution in [0.1, 0.15) is 84.0 Å². The van der Waals surface area contributed by atoms with E-state index in [0.29, 0.717) is 0 Å². The largest absolute Gasteiger partial charge is 0.497 e. The van der Waals surface area contributed by atoms with Crippen molar-refractivity contribution >= 4 is 11.7 Å². The van der Waals surface area contributed by atoms with E-state index in [1.807, 2.05) is 24.3 Å². The number of amides is 2. The van der Waals surface area contributed by atoms with Gasteiger partial charge in [-0.05, 0) is 30.7 Å². The number of anilines is 1. The molecule has 0 unspecified atom stereocenters. The highest BCUT2D eigenvalue weighted by atomic mass is 16.5. The SMILES string of the molecule is CCCCCCCCCCCCCCNC(=O)Nc1ccc(OC)cc1. The van der Waals surface area contributed by atoms with Crippen molar-refractivity contribution < 1.29 is 9.53 Å². The lowest BCUT2D eigenvalue weighted by Crippen LogP contribution is -2.29. The molecule has 148 valence electrons. The van der Waals surface area contributed by atoms with Gasteiger partial charge in [0.2, 0.25) is 0 Å². The number of unbranched alkanes of at least 4 members (excludes halogenated alkanes) is 11. The van der Waals surface area contributed by atoms with Gasteiger partial charge in [-0.15, -0.1) is 0 Å². The van der Waals surface area contributed by atoms with E-state index in [0.717, 1.165) is 24.4 Å². The minimum atomic E-state index is -0.141. The number of hydrogen-bond donors (Lipinski definition) is 2. The molecule has 0 aliphatic carbocycles. The molecule has 0 aliphatic heterocycles. The molecule has 0 fully saturated rings. The second kappa shape index (κ2) is 15.5. The van der Waals surface area contributed by atoms with E-state index < -0.39 is 0 Å². The summed E-state index contributed by atoms with van der Waals surface area (Å²) in [4.78, 5) is 11.8. The number of carbonyl (C=O) groups is 1. The van der Waals surface area contributed by atoms with Gasteiger partial charge in [0.15, 0.2) is 0 Å². The van der Waals surface area contributed by atoms with Crippen LogP contribution in [-0.2, 0) is 0 Å². The van der Waals surface area contributed by atoms with Crippen molar-refractivity contribution in [2.75, 3.05) is 19.0 Å². The molecule has 1 aromatic rings. The normalized spacial score (nSPS) is 10.5. The molecule has 0 aromatic heterocycles. The van der Waals surface area contributed by atoms with Crippen LogP contribution in [0.15, 0.2) is 24.3 Å². The van der Waals surface area contributed by atoms with E-state index in [1.54, 1.807) is 7.11 Å². The maximum absolute atomic E-state index is 11.8. The smallest absolute Gasteiger partial charge is 0.319 e. The van der Waals surface area contributed by atoms with E-state index in [1.165, 1.54) is 70.6 Å². The lowest BCUT2D eigenvalue weighted by molar-refractivity contribution is 0.252. The first-order chi connectivity index (χ1) is 12.8. The first-order valence-electron chi connectivity index (χ1n) is 10.4. The molecule has 1 rings (SSSR count). The summed E-state index contributed by atoms with van der Waals surface area (Å²) in [5, 5.41) is 5.74. The Kier molecular flexibility index (Phi) is 13.3. The number of carbonyl (C=O) groups excluding carboxylic acids is 1. The van der Waals surface area contributed by atoms with Gasteiger partial charge in [0.25, 0.3) is 0 Å². The third-order valence-electron chi connectivity index (χ3n) is 4.66. The summed E-state index contributed by atoms with van der Waals surface area (Å²) in [6.07, 6.45) is 16.0. The molecule has 4 nitrogen and oxygen atoms in total. The van der Waals surface area contributed by atoms with Crippen molar-refractivity contribution in [1.29, 1.82) is 0 Å². The lowest BCUT2D eigenvalue weighted by atomic mass is 10.1. The minimum absolute atomic E-state index is 0.141. The van der Waals surface area contributed by atoms with Gasteiger partial charge in [-0.25, -0.2) is 4.79 Å². The van der Waals surface area contributed by atoms with Crippen molar-refractivity contribution in [2.24, 2.45) is 0 Å². The third kappa shape index (κ3) is 11.8. The van der Waals surface area contributed by atoms with Gasteiger partial charge in [0, 0.05) is 12.2 Å². The molecular formula is C22H38N2O2. The van der Waals surface area contributed by atoms with Gasteiger partial charge in [-0.1, -0.05) is 77.6 Å². The minimum Gasteiger partial charge on any atom is -0.497 e. The zero-order valence-corrected chi connectivity index (χ0v) is 16.8. The average molecular weight is 363 g/mol. The fraction of sp³-hybridized carbons (Fsp3) is 0.682. The number of methoxy groups -OCH3 is 1. The zero-order valence-electron chi connectivity index (χ0n) is 16.8. The van der Waals surface area contributed by atoms with Crippen molar-refractivity contribution in [1.82, 2.24) is 5.32 Å². The van der Waals surface area contributed by atoms with Crippen LogP contribution in [0.3, 0.4) is 0 Å². The Morgan fingerprint density at radius 3 is 1.81 bits per heavy atom. The highest BCUT2D eigenvalue weighted by molar-refractivity contribution is 5.89. The maximum Gasteiger partial charge on any atom is 0.319 e. The molecular weight excluding hydrogens is 324 g/mol. The Morgan fingerprint density at radius 1 is 0.808 bits per heavy atom. The second-order valence-electron chi connectivity index (χ2n) is 7.00. The van der Waals surface area contributed by atoms with Crippen molar-refractivity contribution in [2.45, 2.75) is 84.0 Å². The summed E-state index contributed by atoms with van der Waals surface area (Å²) in [6.45, 7) is 3.00. The van der Waals surface area contributed by atoms with Crippen LogP contribution in [-0.4, -0.2) is 19.7 Å². The van der Waals surface area contributed by atoms with Gasteiger partial charge < -0.3 is 15.4 Å². The molecule has 0 radical (unpaired) electrons. The molecule has 0 bridgehead atoms. The number of rotatable bonds is 15. The molecule has 0 heterocycles. The standard InChI is InChI=1S/C22H38N2O2/c1-3-4-5-6-7-8-9-10-11-12-13-14-19-23-22(25)24-20-15-17-21(26-2)18-16-20/h15-18H,3-14,19H2,1-2H3,(H2,23,24,25). The number of hydrogen-bond acceptors (Lipinski definition) is 2. The molecule has 1 aromatic carbocycles. The van der Waals surface area contributed by atoms with Crippen molar-refractivity contribution in [3.63, 3.8) is 0 Å². The van der Waals surface area contributed by atoms with Crippen molar-refractivity contribution in [3.8, 4) is 5.75 Å². The van der Waals surface area contributed by atoms with Crippen LogP contribution in [0.25, 0.3) is 0 Å². The highest BCUT2D eigenvalue weighted by Crippen LogP contribution is 2.15. The Labute approximate surface area is 160 Å². The molecule has 26 heavy (non-hydrogen) atoms. The predicted octanol–water partition coefficient (Wildman–Crippen LogP) is 6.52. The molecule has 0 saturated heterocycles. The summed E-state index contributed by atoms with van der Waals surface area (Å²) in [7, 11) is 1.63. The summed E-state index contributed by atoms with van der Waals surface area (Å²) in [6, 6.07) is 7.20. The van der Waals surface area contributed by atoms with E-state index in [4.69, 9.17) is 4.74 Å². The first kappa shape index (κ1) is 22.3. The van der Waals surface area contributed by atoms with Gasteiger partial charge >= 0.3 is 6.03 Å².